The van der Waals surface area contributed by atoms with E-state index in [1.54, 1.807) is 0 Å². The summed E-state index contributed by atoms with van der Waals surface area (Å²) in [5.74, 6) is 0.876. The zero-order valence-corrected chi connectivity index (χ0v) is 6.98. The Bertz CT molecular complexity index is 132. The lowest BCUT2D eigenvalue weighted by molar-refractivity contribution is 0.675. The summed E-state index contributed by atoms with van der Waals surface area (Å²) < 4.78 is 0. The fraction of sp³-hybridized carbons (Fsp3) is 0.857. The first kappa shape index (κ1) is 8.33. The van der Waals surface area contributed by atoms with Crippen LogP contribution in [0.4, 0.5) is 0 Å². The van der Waals surface area contributed by atoms with Gasteiger partial charge >= 0.3 is 0 Å². The Hall–Kier alpha value is -0.770. The average molecular weight is 156 g/mol. The van der Waals surface area contributed by atoms with Gasteiger partial charge in [-0.25, -0.2) is 10.4 Å². The highest BCUT2D eigenvalue weighted by Crippen LogP contribution is 1.90. The van der Waals surface area contributed by atoms with E-state index >= 15 is 0 Å². The van der Waals surface area contributed by atoms with Crippen LogP contribution in [0.25, 0.3) is 0 Å². The minimum Gasteiger partial charge on any atom is -0.355 e. The van der Waals surface area contributed by atoms with Gasteiger partial charge in [0, 0.05) is 6.54 Å². The van der Waals surface area contributed by atoms with Gasteiger partial charge in [0.05, 0.1) is 0 Å². The van der Waals surface area contributed by atoms with Crippen molar-refractivity contribution < 1.29 is 0 Å². The first-order valence-electron chi connectivity index (χ1n) is 4.20. The summed E-state index contributed by atoms with van der Waals surface area (Å²) in [7, 11) is 0. The Balaban J connectivity index is 1.94. The molecule has 0 fully saturated rings. The lowest BCUT2D eigenvalue weighted by Crippen LogP contribution is -2.39. The van der Waals surface area contributed by atoms with Gasteiger partial charge in [-0.1, -0.05) is 19.8 Å². The molecule has 1 aliphatic rings. The van der Waals surface area contributed by atoms with Gasteiger partial charge < -0.3 is 5.32 Å². The van der Waals surface area contributed by atoms with Gasteiger partial charge in [-0.05, 0) is 6.42 Å². The number of nitrogens with one attached hydrogen (secondary N) is 3. The average Bonchev–Trinajstić information content (AvgIpc) is 2.50. The van der Waals surface area contributed by atoms with Gasteiger partial charge in [-0.3, -0.25) is 5.43 Å². The molecule has 11 heavy (non-hydrogen) atoms. The van der Waals surface area contributed by atoms with Crippen molar-refractivity contribution in [3.8, 4) is 0 Å². The van der Waals surface area contributed by atoms with Crippen LogP contribution < -0.4 is 16.2 Å². The topological polar surface area (TPSA) is 48.5 Å². The lowest BCUT2D eigenvalue weighted by atomic mass is 10.2. The van der Waals surface area contributed by atoms with E-state index in [2.05, 4.69) is 28.1 Å². The van der Waals surface area contributed by atoms with E-state index in [9.17, 15) is 0 Å². The summed E-state index contributed by atoms with van der Waals surface area (Å²) in [5.41, 5.74) is 5.82. The molecule has 0 aromatic rings. The minimum absolute atomic E-state index is 0.677. The number of aliphatic imine (C=N–C) groups is 1. The molecule has 0 amide bonds. The van der Waals surface area contributed by atoms with Crippen LogP contribution in [0.3, 0.4) is 0 Å². The number of rotatable bonds is 4. The highest BCUT2D eigenvalue weighted by molar-refractivity contribution is 5.80. The fourth-order valence-electron chi connectivity index (χ4n) is 0.963. The summed E-state index contributed by atoms with van der Waals surface area (Å²) in [4.78, 5) is 4.12. The molecular weight excluding hydrogens is 140 g/mol. The van der Waals surface area contributed by atoms with Crippen molar-refractivity contribution in [3.63, 3.8) is 0 Å². The quantitative estimate of drug-likeness (QED) is 0.509. The zero-order chi connectivity index (χ0) is 7.94. The summed E-state index contributed by atoms with van der Waals surface area (Å²) in [5, 5.41) is 3.19. The van der Waals surface area contributed by atoms with Crippen molar-refractivity contribution in [2.24, 2.45) is 4.99 Å². The summed E-state index contributed by atoms with van der Waals surface area (Å²) in [6, 6.07) is 0. The van der Waals surface area contributed by atoms with Gasteiger partial charge in [-0.2, -0.15) is 0 Å². The van der Waals surface area contributed by atoms with Crippen LogP contribution in [0, 0.1) is 0 Å². The second-order valence-electron chi connectivity index (χ2n) is 2.60. The molecule has 1 heterocycles. The molecule has 1 aliphatic heterocycles. The van der Waals surface area contributed by atoms with E-state index in [1.165, 1.54) is 19.3 Å². The number of nitrogens with zero attached hydrogens (tertiary/aromatic N) is 1. The maximum Gasteiger partial charge on any atom is 0.207 e. The Kier molecular flexibility index (Phi) is 3.75. The molecule has 0 saturated carbocycles. The number of hydrazine groups is 1. The third-order valence-electron chi connectivity index (χ3n) is 1.60. The first-order chi connectivity index (χ1) is 5.43. The van der Waals surface area contributed by atoms with Crippen LogP contribution in [0.2, 0.25) is 0 Å². The predicted molar refractivity (Wildman–Crippen MR) is 46.1 cm³/mol. The Morgan fingerprint density at radius 3 is 3.09 bits per heavy atom. The van der Waals surface area contributed by atoms with Crippen molar-refractivity contribution in [1.29, 1.82) is 0 Å². The molecule has 0 spiro atoms. The lowest BCUT2D eigenvalue weighted by Gasteiger charge is -2.04. The Labute approximate surface area is 67.4 Å². The highest BCUT2D eigenvalue weighted by Gasteiger charge is 2.00. The van der Waals surface area contributed by atoms with Crippen molar-refractivity contribution in [1.82, 2.24) is 16.2 Å². The summed E-state index contributed by atoms with van der Waals surface area (Å²) >= 11 is 0. The second-order valence-corrected chi connectivity index (χ2v) is 2.60. The van der Waals surface area contributed by atoms with Crippen molar-refractivity contribution in [2.45, 2.75) is 26.2 Å². The van der Waals surface area contributed by atoms with Crippen LogP contribution in [0.1, 0.15) is 26.2 Å². The van der Waals surface area contributed by atoms with E-state index < -0.39 is 0 Å². The van der Waals surface area contributed by atoms with Crippen molar-refractivity contribution in [3.05, 3.63) is 0 Å². The van der Waals surface area contributed by atoms with Crippen LogP contribution in [-0.2, 0) is 0 Å². The minimum atomic E-state index is 0.677. The third kappa shape index (κ3) is 3.23. The van der Waals surface area contributed by atoms with Crippen molar-refractivity contribution >= 4 is 5.96 Å². The number of hydrogen-bond acceptors (Lipinski definition) is 4. The number of guanidine groups is 1. The summed E-state index contributed by atoms with van der Waals surface area (Å²) in [6.45, 7) is 3.89. The van der Waals surface area contributed by atoms with Crippen molar-refractivity contribution in [2.75, 3.05) is 13.2 Å². The Morgan fingerprint density at radius 2 is 2.45 bits per heavy atom. The molecule has 0 aliphatic carbocycles. The van der Waals surface area contributed by atoms with Crippen LogP contribution in [0.15, 0.2) is 4.99 Å². The smallest absolute Gasteiger partial charge is 0.207 e. The van der Waals surface area contributed by atoms with Gasteiger partial charge in [-0.15, -0.1) is 0 Å². The predicted octanol–water partition coefficient (Wildman–Crippen LogP) is 0.187. The molecule has 3 N–H and O–H groups in total. The molecule has 4 heteroatoms. The molecule has 0 bridgehead atoms. The van der Waals surface area contributed by atoms with Gasteiger partial charge in [0.15, 0.2) is 0 Å². The van der Waals surface area contributed by atoms with Gasteiger partial charge in [0.25, 0.3) is 0 Å². The van der Waals surface area contributed by atoms with Gasteiger partial charge in [0.2, 0.25) is 5.96 Å². The fourth-order valence-corrected chi connectivity index (χ4v) is 0.963. The number of unbranched alkanes of at least 4 members (excludes halogenated alkanes) is 2. The van der Waals surface area contributed by atoms with E-state index in [0.717, 1.165) is 12.5 Å². The van der Waals surface area contributed by atoms with E-state index in [-0.39, 0.29) is 0 Å². The third-order valence-corrected chi connectivity index (χ3v) is 1.60. The molecule has 1 rings (SSSR count). The molecular formula is C7H16N4. The largest absolute Gasteiger partial charge is 0.355 e. The molecule has 0 radical (unpaired) electrons. The van der Waals surface area contributed by atoms with E-state index in [1.807, 2.05) is 0 Å². The van der Waals surface area contributed by atoms with Crippen LogP contribution >= 0.6 is 0 Å². The normalized spacial score (nSPS) is 15.9. The van der Waals surface area contributed by atoms with Crippen LogP contribution in [0.5, 0.6) is 0 Å². The molecule has 0 saturated heterocycles. The molecule has 0 aromatic heterocycles. The molecule has 0 atom stereocenters. The SMILES string of the molecule is CCCCCNC1=NCNN1. The first-order valence-corrected chi connectivity index (χ1v) is 4.20. The molecule has 64 valence electrons. The summed E-state index contributed by atoms with van der Waals surface area (Å²) in [6.07, 6.45) is 3.77. The number of hydrogen-bond donors (Lipinski definition) is 3. The van der Waals surface area contributed by atoms with Gasteiger partial charge in [0.1, 0.15) is 6.67 Å². The zero-order valence-electron chi connectivity index (χ0n) is 6.98. The monoisotopic (exact) mass is 156 g/mol. The maximum absolute atomic E-state index is 4.12. The highest BCUT2D eigenvalue weighted by atomic mass is 15.5. The maximum atomic E-state index is 4.12. The molecule has 0 aromatic carbocycles. The van der Waals surface area contributed by atoms with Crippen LogP contribution in [-0.4, -0.2) is 19.2 Å². The molecule has 0 unspecified atom stereocenters. The molecule has 4 nitrogen and oxygen atoms in total. The standard InChI is InChI=1S/C7H16N4/c1-2-3-4-5-8-7-9-6-10-11-7/h10H,2-6H2,1H3,(H2,8,9,11). The van der Waals surface area contributed by atoms with E-state index in [0.29, 0.717) is 6.67 Å². The van der Waals surface area contributed by atoms with E-state index in [4.69, 9.17) is 0 Å². The Morgan fingerprint density at radius 1 is 1.55 bits per heavy atom. The second kappa shape index (κ2) is 4.96.